The molecule has 0 bridgehead atoms. The minimum Gasteiger partial charge on any atom is -0.344 e. The van der Waals surface area contributed by atoms with E-state index in [2.05, 4.69) is 41.3 Å². The SMILES string of the molecule is CSc1cc(C)ccc1C1=NCCCN1CN. The van der Waals surface area contributed by atoms with Gasteiger partial charge < -0.3 is 10.6 Å². The molecule has 0 radical (unpaired) electrons. The fourth-order valence-electron chi connectivity index (χ4n) is 2.07. The Morgan fingerprint density at radius 1 is 1.47 bits per heavy atom. The summed E-state index contributed by atoms with van der Waals surface area (Å²) in [6, 6.07) is 6.51. The summed E-state index contributed by atoms with van der Waals surface area (Å²) in [4.78, 5) is 8.08. The number of amidine groups is 1. The molecule has 0 amide bonds. The zero-order valence-corrected chi connectivity index (χ0v) is 11.3. The predicted octanol–water partition coefficient (Wildman–Crippen LogP) is 2.09. The maximum absolute atomic E-state index is 5.79. The molecule has 0 atom stereocenters. The Labute approximate surface area is 107 Å². The van der Waals surface area contributed by atoms with Gasteiger partial charge in [-0.1, -0.05) is 6.07 Å². The molecular weight excluding hydrogens is 230 g/mol. The van der Waals surface area contributed by atoms with Crippen LogP contribution in [0.1, 0.15) is 17.5 Å². The highest BCUT2D eigenvalue weighted by molar-refractivity contribution is 7.98. The normalized spacial score (nSPS) is 15.9. The van der Waals surface area contributed by atoms with Gasteiger partial charge in [0.15, 0.2) is 0 Å². The molecule has 0 fully saturated rings. The fraction of sp³-hybridized carbons (Fsp3) is 0.462. The quantitative estimate of drug-likeness (QED) is 0.834. The van der Waals surface area contributed by atoms with Gasteiger partial charge in [0, 0.05) is 23.5 Å². The standard InChI is InChI=1S/C13H19N3S/c1-10-4-5-11(12(8-10)17-2)13-15-6-3-7-16(13)9-14/h4-5,8H,3,6-7,9,14H2,1-2H3. The van der Waals surface area contributed by atoms with Crippen molar-refractivity contribution < 1.29 is 0 Å². The lowest BCUT2D eigenvalue weighted by molar-refractivity contribution is 0.405. The van der Waals surface area contributed by atoms with Gasteiger partial charge in [0.2, 0.25) is 0 Å². The highest BCUT2D eigenvalue weighted by Crippen LogP contribution is 2.24. The number of benzene rings is 1. The molecule has 1 aromatic carbocycles. The summed E-state index contributed by atoms with van der Waals surface area (Å²) in [6.07, 6.45) is 3.20. The second-order valence-corrected chi connectivity index (χ2v) is 5.06. The summed E-state index contributed by atoms with van der Waals surface area (Å²) in [5, 5.41) is 0. The van der Waals surface area contributed by atoms with Crippen LogP contribution in [0.3, 0.4) is 0 Å². The molecule has 0 aromatic heterocycles. The lowest BCUT2D eigenvalue weighted by Crippen LogP contribution is -2.40. The van der Waals surface area contributed by atoms with Crippen molar-refractivity contribution in [2.75, 3.05) is 26.0 Å². The van der Waals surface area contributed by atoms with Crippen LogP contribution in [0.2, 0.25) is 0 Å². The van der Waals surface area contributed by atoms with Gasteiger partial charge in [-0.15, -0.1) is 11.8 Å². The largest absolute Gasteiger partial charge is 0.344 e. The van der Waals surface area contributed by atoms with Crippen LogP contribution in [-0.2, 0) is 0 Å². The average molecular weight is 249 g/mol. The first kappa shape index (κ1) is 12.5. The molecule has 17 heavy (non-hydrogen) atoms. The van der Waals surface area contributed by atoms with Gasteiger partial charge in [-0.25, -0.2) is 0 Å². The summed E-state index contributed by atoms with van der Waals surface area (Å²) in [5.41, 5.74) is 8.29. The van der Waals surface area contributed by atoms with Crippen molar-refractivity contribution in [3.63, 3.8) is 0 Å². The van der Waals surface area contributed by atoms with Crippen molar-refractivity contribution in [2.24, 2.45) is 10.7 Å². The number of nitrogens with zero attached hydrogens (tertiary/aromatic N) is 2. The Morgan fingerprint density at radius 2 is 2.29 bits per heavy atom. The van der Waals surface area contributed by atoms with E-state index in [-0.39, 0.29) is 0 Å². The van der Waals surface area contributed by atoms with Crippen LogP contribution >= 0.6 is 11.8 Å². The number of thioether (sulfide) groups is 1. The van der Waals surface area contributed by atoms with E-state index in [4.69, 9.17) is 5.73 Å². The monoisotopic (exact) mass is 249 g/mol. The molecule has 2 N–H and O–H groups in total. The van der Waals surface area contributed by atoms with Gasteiger partial charge in [0.05, 0.1) is 6.67 Å². The van der Waals surface area contributed by atoms with E-state index in [0.29, 0.717) is 6.67 Å². The van der Waals surface area contributed by atoms with Crippen molar-refractivity contribution in [1.82, 2.24) is 4.90 Å². The van der Waals surface area contributed by atoms with Crippen molar-refractivity contribution in [3.05, 3.63) is 29.3 Å². The van der Waals surface area contributed by atoms with Crippen molar-refractivity contribution >= 4 is 17.6 Å². The first-order valence-corrected chi connectivity index (χ1v) is 7.13. The highest BCUT2D eigenvalue weighted by atomic mass is 32.2. The molecule has 1 aromatic rings. The van der Waals surface area contributed by atoms with Gasteiger partial charge >= 0.3 is 0 Å². The molecule has 2 rings (SSSR count). The highest BCUT2D eigenvalue weighted by Gasteiger charge is 2.18. The lowest BCUT2D eigenvalue weighted by atomic mass is 10.1. The second-order valence-electron chi connectivity index (χ2n) is 4.21. The lowest BCUT2D eigenvalue weighted by Gasteiger charge is -2.29. The van der Waals surface area contributed by atoms with Crippen LogP contribution in [-0.4, -0.2) is 36.7 Å². The third kappa shape index (κ3) is 2.64. The van der Waals surface area contributed by atoms with E-state index >= 15 is 0 Å². The van der Waals surface area contributed by atoms with E-state index in [0.717, 1.165) is 25.3 Å². The number of nitrogens with two attached hydrogens (primary N) is 1. The van der Waals surface area contributed by atoms with Crippen LogP contribution in [0.4, 0.5) is 0 Å². The Balaban J connectivity index is 2.41. The summed E-state index contributed by atoms with van der Waals surface area (Å²) in [7, 11) is 0. The summed E-state index contributed by atoms with van der Waals surface area (Å²) < 4.78 is 0. The van der Waals surface area contributed by atoms with Crippen molar-refractivity contribution in [3.8, 4) is 0 Å². The topological polar surface area (TPSA) is 41.6 Å². The molecule has 4 heteroatoms. The molecule has 0 aliphatic carbocycles. The fourth-order valence-corrected chi connectivity index (χ4v) is 2.75. The van der Waals surface area contributed by atoms with E-state index in [9.17, 15) is 0 Å². The minimum absolute atomic E-state index is 0.542. The first-order chi connectivity index (χ1) is 8.26. The van der Waals surface area contributed by atoms with Crippen LogP contribution < -0.4 is 5.73 Å². The molecule has 1 aliphatic heterocycles. The van der Waals surface area contributed by atoms with E-state index in [1.165, 1.54) is 16.0 Å². The summed E-state index contributed by atoms with van der Waals surface area (Å²) in [6.45, 7) is 4.58. The molecule has 0 spiro atoms. The van der Waals surface area contributed by atoms with E-state index in [1.807, 2.05) is 0 Å². The molecule has 92 valence electrons. The summed E-state index contributed by atoms with van der Waals surface area (Å²) >= 11 is 1.77. The summed E-state index contributed by atoms with van der Waals surface area (Å²) in [5.74, 6) is 1.06. The second kappa shape index (κ2) is 5.56. The van der Waals surface area contributed by atoms with E-state index < -0.39 is 0 Å². The third-order valence-electron chi connectivity index (χ3n) is 2.97. The Bertz CT molecular complexity index is 429. The third-order valence-corrected chi connectivity index (χ3v) is 3.74. The van der Waals surface area contributed by atoms with Crippen molar-refractivity contribution in [1.29, 1.82) is 0 Å². The number of aliphatic imine (C=N–C) groups is 1. The van der Waals surface area contributed by atoms with E-state index in [1.54, 1.807) is 11.8 Å². The molecule has 1 heterocycles. The van der Waals surface area contributed by atoms with Crippen LogP contribution in [0, 0.1) is 6.92 Å². The molecular formula is C13H19N3S. The maximum atomic E-state index is 5.79. The smallest absolute Gasteiger partial charge is 0.133 e. The van der Waals surface area contributed by atoms with Crippen LogP contribution in [0.5, 0.6) is 0 Å². The number of hydrogen-bond acceptors (Lipinski definition) is 4. The molecule has 3 nitrogen and oxygen atoms in total. The number of aryl methyl sites for hydroxylation is 1. The average Bonchev–Trinajstić information content (AvgIpc) is 2.38. The molecule has 0 saturated carbocycles. The van der Waals surface area contributed by atoms with Gasteiger partial charge in [0.1, 0.15) is 5.84 Å². The molecule has 0 unspecified atom stereocenters. The molecule has 1 aliphatic rings. The Hall–Kier alpha value is -1.00. The first-order valence-electron chi connectivity index (χ1n) is 5.90. The Morgan fingerprint density at radius 3 is 3.00 bits per heavy atom. The van der Waals surface area contributed by atoms with Crippen LogP contribution in [0.15, 0.2) is 28.1 Å². The Kier molecular flexibility index (Phi) is 4.07. The van der Waals surface area contributed by atoms with Gasteiger partial charge in [0.25, 0.3) is 0 Å². The zero-order valence-electron chi connectivity index (χ0n) is 10.4. The maximum Gasteiger partial charge on any atom is 0.133 e. The molecule has 0 saturated heterocycles. The number of hydrogen-bond donors (Lipinski definition) is 1. The number of rotatable bonds is 3. The van der Waals surface area contributed by atoms with Crippen molar-refractivity contribution in [2.45, 2.75) is 18.2 Å². The van der Waals surface area contributed by atoms with Gasteiger partial charge in [-0.3, -0.25) is 4.99 Å². The van der Waals surface area contributed by atoms with Gasteiger partial charge in [-0.2, -0.15) is 0 Å². The van der Waals surface area contributed by atoms with Gasteiger partial charge in [-0.05, 0) is 37.3 Å². The predicted molar refractivity (Wildman–Crippen MR) is 74.7 cm³/mol. The zero-order chi connectivity index (χ0) is 12.3. The minimum atomic E-state index is 0.542. The van der Waals surface area contributed by atoms with Crippen LogP contribution in [0.25, 0.3) is 0 Å².